The van der Waals surface area contributed by atoms with Gasteiger partial charge in [-0.25, -0.2) is 0 Å². The van der Waals surface area contributed by atoms with Gasteiger partial charge < -0.3 is 14.8 Å². The molecule has 4 nitrogen and oxygen atoms in total. The number of carbonyl (C=O) groups is 1. The molecule has 0 aromatic heterocycles. The molecular weight excluding hydrogens is 326 g/mol. The lowest BCUT2D eigenvalue weighted by atomic mass is 10.1. The van der Waals surface area contributed by atoms with Crippen LogP contribution in [0.15, 0.2) is 48.5 Å². The quantitative estimate of drug-likeness (QED) is 0.496. The molecule has 0 saturated carbocycles. The third-order valence-electron chi connectivity index (χ3n) is 3.84. The van der Waals surface area contributed by atoms with Crippen molar-refractivity contribution in [1.29, 1.82) is 0 Å². The van der Waals surface area contributed by atoms with E-state index in [-0.39, 0.29) is 5.91 Å². The molecule has 1 N–H and O–H groups in total. The fourth-order valence-electron chi connectivity index (χ4n) is 2.40. The molecule has 26 heavy (non-hydrogen) atoms. The molecule has 2 aromatic carbocycles. The van der Waals surface area contributed by atoms with Crippen molar-refractivity contribution in [2.75, 3.05) is 18.5 Å². The third-order valence-corrected chi connectivity index (χ3v) is 3.84. The molecule has 0 aliphatic rings. The van der Waals surface area contributed by atoms with Crippen LogP contribution in [0.25, 0.3) is 6.08 Å². The molecule has 0 fully saturated rings. The topological polar surface area (TPSA) is 47.6 Å². The van der Waals surface area contributed by atoms with Crippen LogP contribution in [-0.4, -0.2) is 19.1 Å². The van der Waals surface area contributed by atoms with Crippen molar-refractivity contribution < 1.29 is 14.3 Å². The summed E-state index contributed by atoms with van der Waals surface area (Å²) >= 11 is 0. The molecule has 2 rings (SSSR count). The summed E-state index contributed by atoms with van der Waals surface area (Å²) < 4.78 is 11.3. The lowest BCUT2D eigenvalue weighted by Gasteiger charge is -2.11. The molecule has 2 aromatic rings. The summed E-state index contributed by atoms with van der Waals surface area (Å²) in [6.07, 6.45) is 5.34. The zero-order valence-electron chi connectivity index (χ0n) is 15.7. The van der Waals surface area contributed by atoms with Gasteiger partial charge in [0, 0.05) is 6.08 Å². The number of nitrogens with one attached hydrogen (secondary N) is 1. The van der Waals surface area contributed by atoms with E-state index in [2.05, 4.69) is 12.2 Å². The van der Waals surface area contributed by atoms with Gasteiger partial charge in [-0.1, -0.05) is 37.6 Å². The maximum absolute atomic E-state index is 12.3. The number of benzene rings is 2. The summed E-state index contributed by atoms with van der Waals surface area (Å²) in [7, 11) is 0. The van der Waals surface area contributed by atoms with Gasteiger partial charge in [0.25, 0.3) is 0 Å². The average molecular weight is 353 g/mol. The average Bonchev–Trinajstić information content (AvgIpc) is 2.64. The maximum Gasteiger partial charge on any atom is 0.248 e. The van der Waals surface area contributed by atoms with Gasteiger partial charge in [-0.2, -0.15) is 0 Å². The number of hydrogen-bond donors (Lipinski definition) is 1. The van der Waals surface area contributed by atoms with E-state index >= 15 is 0 Å². The summed E-state index contributed by atoms with van der Waals surface area (Å²) in [5.41, 5.74) is 2.67. The van der Waals surface area contributed by atoms with E-state index in [9.17, 15) is 4.79 Å². The van der Waals surface area contributed by atoms with Gasteiger partial charge in [0.05, 0.1) is 18.9 Å². The molecule has 1 amide bonds. The Morgan fingerprint density at radius 3 is 2.65 bits per heavy atom. The van der Waals surface area contributed by atoms with Crippen molar-refractivity contribution in [3.8, 4) is 11.5 Å². The normalized spacial score (nSPS) is 10.7. The number of para-hydroxylation sites is 2. The van der Waals surface area contributed by atoms with Crippen LogP contribution in [0.4, 0.5) is 5.69 Å². The highest BCUT2D eigenvalue weighted by Crippen LogP contribution is 2.24. The number of hydrogen-bond acceptors (Lipinski definition) is 3. The van der Waals surface area contributed by atoms with Crippen LogP contribution in [0.3, 0.4) is 0 Å². The number of aryl methyl sites for hydroxylation is 1. The van der Waals surface area contributed by atoms with Crippen molar-refractivity contribution in [1.82, 2.24) is 0 Å². The predicted molar refractivity (Wildman–Crippen MR) is 107 cm³/mol. The fourth-order valence-corrected chi connectivity index (χ4v) is 2.40. The molecule has 4 heteroatoms. The fraction of sp³-hybridized carbons (Fsp3) is 0.318. The second kappa shape index (κ2) is 10.3. The third kappa shape index (κ3) is 5.96. The second-order valence-electron chi connectivity index (χ2n) is 5.98. The van der Waals surface area contributed by atoms with Gasteiger partial charge in [-0.3, -0.25) is 4.79 Å². The zero-order chi connectivity index (χ0) is 18.8. The van der Waals surface area contributed by atoms with Crippen LogP contribution in [-0.2, 0) is 4.79 Å². The lowest BCUT2D eigenvalue weighted by Crippen LogP contribution is -2.09. The molecule has 138 valence electrons. The Morgan fingerprint density at radius 1 is 1.08 bits per heavy atom. The Labute approximate surface area is 155 Å². The molecule has 0 aliphatic heterocycles. The minimum absolute atomic E-state index is 0.199. The van der Waals surface area contributed by atoms with Crippen molar-refractivity contribution in [3.05, 3.63) is 59.7 Å². The maximum atomic E-state index is 12.3. The first-order valence-corrected chi connectivity index (χ1v) is 9.08. The van der Waals surface area contributed by atoms with Gasteiger partial charge in [0.15, 0.2) is 0 Å². The number of unbranched alkanes of at least 4 members (excludes halogenated alkanes) is 1. The van der Waals surface area contributed by atoms with Crippen LogP contribution in [0, 0.1) is 6.92 Å². The smallest absolute Gasteiger partial charge is 0.248 e. The van der Waals surface area contributed by atoms with E-state index in [0.29, 0.717) is 24.7 Å². The number of amides is 1. The van der Waals surface area contributed by atoms with Crippen LogP contribution in [0.2, 0.25) is 0 Å². The zero-order valence-corrected chi connectivity index (χ0v) is 15.7. The molecule has 0 saturated heterocycles. The molecule has 0 radical (unpaired) electrons. The Balaban J connectivity index is 2.02. The second-order valence-corrected chi connectivity index (χ2v) is 5.98. The van der Waals surface area contributed by atoms with E-state index < -0.39 is 0 Å². The molecule has 0 unspecified atom stereocenters. The van der Waals surface area contributed by atoms with Gasteiger partial charge in [-0.05, 0) is 55.7 Å². The first-order chi connectivity index (χ1) is 12.6. The van der Waals surface area contributed by atoms with E-state index in [0.717, 1.165) is 29.7 Å². The predicted octanol–water partition coefficient (Wildman–Crippen LogP) is 5.22. The largest absolute Gasteiger partial charge is 0.494 e. The van der Waals surface area contributed by atoms with Crippen LogP contribution in [0.5, 0.6) is 11.5 Å². The van der Waals surface area contributed by atoms with E-state index in [1.54, 1.807) is 6.08 Å². The molecule has 0 heterocycles. The summed E-state index contributed by atoms with van der Waals surface area (Å²) in [5.74, 6) is 1.33. The molecule has 0 bridgehead atoms. The SMILES string of the molecule is CCCCOc1ccccc1NC(=O)/C=C/c1ccc(C)c(OCC)c1. The Hall–Kier alpha value is -2.75. The Bertz CT molecular complexity index is 753. The first kappa shape index (κ1) is 19.6. The van der Waals surface area contributed by atoms with Gasteiger partial charge in [-0.15, -0.1) is 0 Å². The van der Waals surface area contributed by atoms with E-state index in [1.807, 2.05) is 56.3 Å². The lowest BCUT2D eigenvalue weighted by molar-refractivity contribution is -0.111. The van der Waals surface area contributed by atoms with Gasteiger partial charge in [0.2, 0.25) is 5.91 Å². The van der Waals surface area contributed by atoms with Crippen molar-refractivity contribution >= 4 is 17.7 Å². The molecule has 0 spiro atoms. The van der Waals surface area contributed by atoms with E-state index in [1.165, 1.54) is 6.08 Å². The number of anilines is 1. The van der Waals surface area contributed by atoms with Crippen LogP contribution >= 0.6 is 0 Å². The van der Waals surface area contributed by atoms with Gasteiger partial charge >= 0.3 is 0 Å². The van der Waals surface area contributed by atoms with Crippen LogP contribution < -0.4 is 14.8 Å². The highest BCUT2D eigenvalue weighted by Gasteiger charge is 2.05. The standard InChI is InChI=1S/C22H27NO3/c1-4-6-15-26-20-10-8-7-9-19(20)23-22(24)14-13-18-12-11-17(3)21(16-18)25-5-2/h7-14,16H,4-6,15H2,1-3H3,(H,23,24)/b14-13+. The van der Waals surface area contributed by atoms with Crippen LogP contribution in [0.1, 0.15) is 37.8 Å². The summed E-state index contributed by atoms with van der Waals surface area (Å²) in [4.78, 5) is 12.3. The number of carbonyl (C=O) groups excluding carboxylic acids is 1. The number of rotatable bonds is 9. The Kier molecular flexibility index (Phi) is 7.75. The molecular formula is C22H27NO3. The highest BCUT2D eigenvalue weighted by molar-refractivity contribution is 6.02. The van der Waals surface area contributed by atoms with Crippen molar-refractivity contribution in [2.45, 2.75) is 33.6 Å². The summed E-state index contributed by atoms with van der Waals surface area (Å²) in [6.45, 7) is 7.33. The summed E-state index contributed by atoms with van der Waals surface area (Å²) in [6, 6.07) is 13.4. The number of ether oxygens (including phenoxy) is 2. The first-order valence-electron chi connectivity index (χ1n) is 9.08. The molecule has 0 aliphatic carbocycles. The van der Waals surface area contributed by atoms with Crippen molar-refractivity contribution in [3.63, 3.8) is 0 Å². The van der Waals surface area contributed by atoms with Gasteiger partial charge in [0.1, 0.15) is 11.5 Å². The Morgan fingerprint density at radius 2 is 1.88 bits per heavy atom. The minimum Gasteiger partial charge on any atom is -0.494 e. The summed E-state index contributed by atoms with van der Waals surface area (Å²) in [5, 5.41) is 2.88. The minimum atomic E-state index is -0.199. The van der Waals surface area contributed by atoms with Crippen molar-refractivity contribution in [2.24, 2.45) is 0 Å². The van der Waals surface area contributed by atoms with E-state index in [4.69, 9.17) is 9.47 Å². The molecule has 0 atom stereocenters. The highest BCUT2D eigenvalue weighted by atomic mass is 16.5. The monoisotopic (exact) mass is 353 g/mol.